The highest BCUT2D eigenvalue weighted by atomic mass is 32.2. The molecular weight excluding hydrogens is 303 g/mol. The lowest BCUT2D eigenvalue weighted by Gasteiger charge is -2.15. The molecule has 0 spiro atoms. The predicted octanol–water partition coefficient (Wildman–Crippen LogP) is 1.48. The molecule has 1 atom stereocenters. The maximum absolute atomic E-state index is 13.4. The summed E-state index contributed by atoms with van der Waals surface area (Å²) in [7, 11) is -4.00. The SMILES string of the molecule is Cc1cc(F)c([N+](=O)[O-])cc1S(=O)(=O)NC(C)CCCO. The van der Waals surface area contributed by atoms with Gasteiger partial charge in [0.05, 0.1) is 9.82 Å². The quantitative estimate of drug-likeness (QED) is 0.584. The number of rotatable bonds is 7. The number of nitro groups is 1. The van der Waals surface area contributed by atoms with Crippen LogP contribution in [-0.2, 0) is 10.0 Å². The van der Waals surface area contributed by atoms with E-state index in [-0.39, 0.29) is 17.1 Å². The fourth-order valence-electron chi connectivity index (χ4n) is 1.86. The first kappa shape index (κ1) is 17.5. The molecule has 0 heterocycles. The molecule has 0 fully saturated rings. The van der Waals surface area contributed by atoms with Crippen LogP contribution in [0, 0.1) is 22.9 Å². The summed E-state index contributed by atoms with van der Waals surface area (Å²) in [6, 6.07) is 1.09. The van der Waals surface area contributed by atoms with E-state index in [1.807, 2.05) is 0 Å². The van der Waals surface area contributed by atoms with Crippen molar-refractivity contribution in [1.82, 2.24) is 4.72 Å². The van der Waals surface area contributed by atoms with Gasteiger partial charge in [-0.25, -0.2) is 13.1 Å². The molecule has 0 radical (unpaired) electrons. The van der Waals surface area contributed by atoms with Crippen LogP contribution >= 0.6 is 0 Å². The van der Waals surface area contributed by atoms with Crippen LogP contribution in [0.15, 0.2) is 17.0 Å². The van der Waals surface area contributed by atoms with E-state index in [1.165, 1.54) is 6.92 Å². The molecule has 7 nitrogen and oxygen atoms in total. The summed E-state index contributed by atoms with van der Waals surface area (Å²) in [6.07, 6.45) is 0.838. The molecule has 2 N–H and O–H groups in total. The lowest BCUT2D eigenvalue weighted by molar-refractivity contribution is -0.387. The second-order valence-electron chi connectivity index (χ2n) is 4.71. The van der Waals surface area contributed by atoms with Crippen molar-refractivity contribution >= 4 is 15.7 Å². The van der Waals surface area contributed by atoms with E-state index in [9.17, 15) is 22.9 Å². The first-order chi connectivity index (χ1) is 9.69. The van der Waals surface area contributed by atoms with Crippen LogP contribution in [0.4, 0.5) is 10.1 Å². The minimum absolute atomic E-state index is 0.0624. The van der Waals surface area contributed by atoms with Crippen molar-refractivity contribution in [3.8, 4) is 0 Å². The second-order valence-corrected chi connectivity index (χ2v) is 6.40. The molecule has 1 rings (SSSR count). The fraction of sp³-hybridized carbons (Fsp3) is 0.500. The Morgan fingerprint density at radius 3 is 2.62 bits per heavy atom. The third-order valence-corrected chi connectivity index (χ3v) is 4.61. The van der Waals surface area contributed by atoms with Gasteiger partial charge in [0.1, 0.15) is 0 Å². The van der Waals surface area contributed by atoms with Gasteiger partial charge in [-0.1, -0.05) is 0 Å². The molecule has 0 aliphatic carbocycles. The lowest BCUT2D eigenvalue weighted by atomic mass is 10.2. The number of aryl methyl sites for hydroxylation is 1. The Labute approximate surface area is 122 Å². The molecule has 0 saturated carbocycles. The molecule has 1 unspecified atom stereocenters. The highest BCUT2D eigenvalue weighted by Crippen LogP contribution is 2.25. The highest BCUT2D eigenvalue weighted by Gasteiger charge is 2.25. The number of hydrogen-bond donors (Lipinski definition) is 2. The molecule has 0 bridgehead atoms. The van der Waals surface area contributed by atoms with Gasteiger partial charge in [-0.05, 0) is 38.3 Å². The van der Waals surface area contributed by atoms with E-state index in [1.54, 1.807) is 6.92 Å². The molecule has 1 aromatic rings. The van der Waals surface area contributed by atoms with E-state index < -0.39 is 32.5 Å². The normalized spacial score (nSPS) is 13.1. The molecule has 1 aromatic carbocycles. The van der Waals surface area contributed by atoms with Crippen molar-refractivity contribution in [2.45, 2.75) is 37.6 Å². The van der Waals surface area contributed by atoms with Gasteiger partial charge in [0.2, 0.25) is 15.8 Å². The summed E-state index contributed by atoms with van der Waals surface area (Å²) in [5.41, 5.74) is -0.802. The standard InChI is InChI=1S/C12H17FN2O5S/c1-8-6-10(13)11(15(17)18)7-12(8)21(19,20)14-9(2)4-3-5-16/h6-7,9,14,16H,3-5H2,1-2H3. The number of aliphatic hydroxyl groups is 1. The van der Waals surface area contributed by atoms with Crippen LogP contribution in [-0.4, -0.2) is 31.1 Å². The Balaban J connectivity index is 3.13. The number of halogens is 1. The number of aliphatic hydroxyl groups excluding tert-OH is 1. The Morgan fingerprint density at radius 1 is 1.48 bits per heavy atom. The summed E-state index contributed by atoms with van der Waals surface area (Å²) in [5.74, 6) is -1.08. The Morgan fingerprint density at radius 2 is 2.10 bits per heavy atom. The van der Waals surface area contributed by atoms with Crippen LogP contribution in [0.1, 0.15) is 25.3 Å². The Kier molecular flexibility index (Phi) is 5.76. The molecule has 0 amide bonds. The molecule has 21 heavy (non-hydrogen) atoms. The Bertz CT molecular complexity index is 633. The van der Waals surface area contributed by atoms with Gasteiger partial charge in [-0.3, -0.25) is 10.1 Å². The number of hydrogen-bond acceptors (Lipinski definition) is 5. The molecule has 9 heteroatoms. The molecule has 0 aromatic heterocycles. The predicted molar refractivity (Wildman–Crippen MR) is 73.9 cm³/mol. The maximum atomic E-state index is 13.4. The van der Waals surface area contributed by atoms with Crippen LogP contribution in [0.3, 0.4) is 0 Å². The zero-order valence-electron chi connectivity index (χ0n) is 11.7. The van der Waals surface area contributed by atoms with Crippen molar-refractivity contribution in [2.24, 2.45) is 0 Å². The number of nitrogens with zero attached hydrogens (tertiary/aromatic N) is 1. The van der Waals surface area contributed by atoms with Gasteiger partial charge in [0.25, 0.3) is 0 Å². The molecule has 0 saturated heterocycles. The molecule has 0 aliphatic rings. The zero-order valence-corrected chi connectivity index (χ0v) is 12.5. The van der Waals surface area contributed by atoms with Gasteiger partial charge < -0.3 is 5.11 Å². The third kappa shape index (κ3) is 4.45. The van der Waals surface area contributed by atoms with Gasteiger partial charge in [0, 0.05) is 18.7 Å². The van der Waals surface area contributed by atoms with Crippen molar-refractivity contribution in [2.75, 3.05) is 6.61 Å². The first-order valence-electron chi connectivity index (χ1n) is 6.26. The minimum atomic E-state index is -4.00. The lowest BCUT2D eigenvalue weighted by Crippen LogP contribution is -2.33. The van der Waals surface area contributed by atoms with Crippen LogP contribution in [0.2, 0.25) is 0 Å². The number of nitro benzene ring substituents is 1. The molecular formula is C12H17FN2O5S. The fourth-order valence-corrected chi connectivity index (χ4v) is 3.38. The van der Waals surface area contributed by atoms with Crippen molar-refractivity contribution < 1.29 is 22.8 Å². The van der Waals surface area contributed by atoms with Crippen LogP contribution in [0.25, 0.3) is 0 Å². The van der Waals surface area contributed by atoms with Gasteiger partial charge in [-0.2, -0.15) is 4.39 Å². The minimum Gasteiger partial charge on any atom is -0.396 e. The van der Waals surface area contributed by atoms with E-state index in [4.69, 9.17) is 5.11 Å². The van der Waals surface area contributed by atoms with Crippen molar-refractivity contribution in [3.63, 3.8) is 0 Å². The number of sulfonamides is 1. The van der Waals surface area contributed by atoms with Crippen molar-refractivity contribution in [1.29, 1.82) is 0 Å². The third-order valence-electron chi connectivity index (χ3n) is 2.88. The summed E-state index contributed by atoms with van der Waals surface area (Å²) in [5, 5.41) is 19.4. The van der Waals surface area contributed by atoms with Crippen molar-refractivity contribution in [3.05, 3.63) is 33.6 Å². The second kappa shape index (κ2) is 6.92. The maximum Gasteiger partial charge on any atom is 0.306 e. The van der Waals surface area contributed by atoms with E-state index in [0.717, 1.165) is 6.07 Å². The smallest absolute Gasteiger partial charge is 0.306 e. The summed E-state index contributed by atoms with van der Waals surface area (Å²) >= 11 is 0. The summed E-state index contributed by atoms with van der Waals surface area (Å²) < 4.78 is 40.2. The highest BCUT2D eigenvalue weighted by molar-refractivity contribution is 7.89. The zero-order chi connectivity index (χ0) is 16.2. The summed E-state index contributed by atoms with van der Waals surface area (Å²) in [6.45, 7) is 2.91. The largest absolute Gasteiger partial charge is 0.396 e. The van der Waals surface area contributed by atoms with Gasteiger partial charge in [-0.15, -0.1) is 0 Å². The topological polar surface area (TPSA) is 110 Å². The monoisotopic (exact) mass is 320 g/mol. The average Bonchev–Trinajstić information content (AvgIpc) is 2.34. The van der Waals surface area contributed by atoms with Crippen LogP contribution < -0.4 is 4.72 Å². The molecule has 118 valence electrons. The number of benzene rings is 1. The average molecular weight is 320 g/mol. The van der Waals surface area contributed by atoms with Crippen LogP contribution in [0.5, 0.6) is 0 Å². The first-order valence-corrected chi connectivity index (χ1v) is 7.75. The van der Waals surface area contributed by atoms with Gasteiger partial charge >= 0.3 is 5.69 Å². The Hall–Kier alpha value is -1.58. The summed E-state index contributed by atoms with van der Waals surface area (Å²) in [4.78, 5) is 9.40. The van der Waals surface area contributed by atoms with E-state index in [2.05, 4.69) is 4.72 Å². The number of nitrogens with one attached hydrogen (secondary N) is 1. The van der Waals surface area contributed by atoms with E-state index in [0.29, 0.717) is 18.9 Å². The molecule has 0 aliphatic heterocycles. The van der Waals surface area contributed by atoms with E-state index >= 15 is 0 Å². The van der Waals surface area contributed by atoms with Gasteiger partial charge in [0.15, 0.2) is 0 Å².